The van der Waals surface area contributed by atoms with Crippen LogP contribution in [0.3, 0.4) is 0 Å². The highest BCUT2D eigenvalue weighted by molar-refractivity contribution is 14.1. The molecule has 0 saturated carbocycles. The lowest BCUT2D eigenvalue weighted by molar-refractivity contribution is 0.145. The van der Waals surface area contributed by atoms with E-state index in [4.69, 9.17) is 16.7 Å². The molecule has 0 amide bonds. The molecule has 6 heteroatoms. The van der Waals surface area contributed by atoms with E-state index in [-0.39, 0.29) is 17.2 Å². The van der Waals surface area contributed by atoms with Crippen molar-refractivity contribution in [2.24, 2.45) is 0 Å². The number of aromatic nitrogens is 1. The van der Waals surface area contributed by atoms with Crippen LogP contribution in [0.5, 0.6) is 0 Å². The van der Waals surface area contributed by atoms with Crippen molar-refractivity contribution < 1.29 is 13.9 Å². The Morgan fingerprint density at radius 1 is 1.62 bits per heavy atom. The SMILES string of the molecule is OCc1cc(I)nc(C(F)F)c1Cl. The van der Waals surface area contributed by atoms with Crippen molar-refractivity contribution in [3.05, 3.63) is 26.0 Å². The molecule has 0 aliphatic rings. The third-order valence-electron chi connectivity index (χ3n) is 1.40. The highest BCUT2D eigenvalue weighted by Gasteiger charge is 2.17. The second-order valence-electron chi connectivity index (χ2n) is 2.26. The molecule has 0 unspecified atom stereocenters. The van der Waals surface area contributed by atoms with E-state index < -0.39 is 12.1 Å². The van der Waals surface area contributed by atoms with Crippen molar-refractivity contribution in [2.45, 2.75) is 13.0 Å². The van der Waals surface area contributed by atoms with Gasteiger partial charge in [0.15, 0.2) is 0 Å². The van der Waals surface area contributed by atoms with Crippen molar-refractivity contribution in [3.8, 4) is 0 Å². The molecule has 2 nitrogen and oxygen atoms in total. The molecule has 72 valence electrons. The maximum absolute atomic E-state index is 12.3. The summed E-state index contributed by atoms with van der Waals surface area (Å²) in [6.07, 6.45) is -2.72. The summed E-state index contributed by atoms with van der Waals surface area (Å²) in [6, 6.07) is 1.47. The Balaban J connectivity index is 3.27. The average Bonchev–Trinajstić information content (AvgIpc) is 2.08. The molecular weight excluding hydrogens is 314 g/mol. The van der Waals surface area contributed by atoms with E-state index in [0.29, 0.717) is 3.70 Å². The summed E-state index contributed by atoms with van der Waals surface area (Å²) in [7, 11) is 0. The first-order valence-electron chi connectivity index (χ1n) is 3.30. The molecule has 1 N–H and O–H groups in total. The maximum Gasteiger partial charge on any atom is 0.281 e. The lowest BCUT2D eigenvalue weighted by Crippen LogP contribution is -1.98. The molecule has 1 rings (SSSR count). The molecule has 0 spiro atoms. The van der Waals surface area contributed by atoms with Crippen molar-refractivity contribution in [1.82, 2.24) is 4.98 Å². The number of hydrogen-bond acceptors (Lipinski definition) is 2. The Hall–Kier alpha value is -0.0100. The van der Waals surface area contributed by atoms with Crippen molar-refractivity contribution >= 4 is 34.2 Å². The van der Waals surface area contributed by atoms with Gasteiger partial charge >= 0.3 is 0 Å². The number of hydrogen-bond donors (Lipinski definition) is 1. The van der Waals surface area contributed by atoms with Crippen molar-refractivity contribution in [3.63, 3.8) is 0 Å². The van der Waals surface area contributed by atoms with Crippen LogP contribution in [0.15, 0.2) is 6.07 Å². The molecule has 0 bridgehead atoms. The van der Waals surface area contributed by atoms with Crippen LogP contribution in [-0.2, 0) is 6.61 Å². The Bertz CT molecular complexity index is 322. The molecule has 0 atom stereocenters. The van der Waals surface area contributed by atoms with Gasteiger partial charge in [-0.1, -0.05) is 11.6 Å². The summed E-state index contributed by atoms with van der Waals surface area (Å²) < 4.78 is 25.0. The van der Waals surface area contributed by atoms with E-state index in [1.54, 1.807) is 22.6 Å². The quantitative estimate of drug-likeness (QED) is 0.672. The average molecular weight is 319 g/mol. The first-order valence-corrected chi connectivity index (χ1v) is 4.75. The minimum Gasteiger partial charge on any atom is -0.392 e. The normalized spacial score (nSPS) is 10.9. The highest BCUT2D eigenvalue weighted by atomic mass is 127. The number of halogens is 4. The van der Waals surface area contributed by atoms with Crippen LogP contribution >= 0.6 is 34.2 Å². The lowest BCUT2D eigenvalue weighted by atomic mass is 10.2. The van der Waals surface area contributed by atoms with E-state index in [1.807, 2.05) is 0 Å². The number of alkyl halides is 2. The molecule has 0 aromatic carbocycles. The fourth-order valence-corrected chi connectivity index (χ4v) is 1.70. The summed E-state index contributed by atoms with van der Waals surface area (Å²) in [4.78, 5) is 3.57. The smallest absolute Gasteiger partial charge is 0.281 e. The molecule has 0 saturated heterocycles. The second-order valence-corrected chi connectivity index (χ2v) is 3.75. The van der Waals surface area contributed by atoms with Crippen LogP contribution < -0.4 is 0 Å². The minimum absolute atomic E-state index is 0.155. The molecule has 0 fully saturated rings. The molecule has 0 radical (unpaired) electrons. The zero-order valence-corrected chi connectivity index (χ0v) is 9.18. The number of aliphatic hydroxyl groups is 1. The van der Waals surface area contributed by atoms with Gasteiger partial charge in [-0.25, -0.2) is 13.8 Å². The molecule has 0 aliphatic carbocycles. The molecule has 1 heterocycles. The monoisotopic (exact) mass is 319 g/mol. The fraction of sp³-hybridized carbons (Fsp3) is 0.286. The van der Waals surface area contributed by atoms with Gasteiger partial charge in [-0.05, 0) is 28.7 Å². The van der Waals surface area contributed by atoms with E-state index in [9.17, 15) is 8.78 Å². The standard InChI is InChI=1S/C7H5ClF2INO/c8-5-3(2-13)1-4(11)12-6(5)7(9)10/h1,7,13H,2H2. The van der Waals surface area contributed by atoms with E-state index >= 15 is 0 Å². The number of pyridine rings is 1. The van der Waals surface area contributed by atoms with Gasteiger partial charge < -0.3 is 5.11 Å². The van der Waals surface area contributed by atoms with Gasteiger partial charge in [0.05, 0.1) is 11.6 Å². The summed E-state index contributed by atoms with van der Waals surface area (Å²) in [5.41, 5.74) is -0.200. The minimum atomic E-state index is -2.72. The molecule has 1 aromatic rings. The van der Waals surface area contributed by atoms with E-state index in [2.05, 4.69) is 4.98 Å². The summed E-state index contributed by atoms with van der Waals surface area (Å²) in [5, 5.41) is 8.63. The summed E-state index contributed by atoms with van der Waals surface area (Å²) in [5.74, 6) is 0. The van der Waals surface area contributed by atoms with Gasteiger partial charge in [-0.15, -0.1) is 0 Å². The second kappa shape index (κ2) is 4.47. The van der Waals surface area contributed by atoms with Gasteiger partial charge in [-0.3, -0.25) is 0 Å². The number of nitrogens with zero attached hydrogens (tertiary/aromatic N) is 1. The van der Waals surface area contributed by atoms with Crippen LogP contribution in [0, 0.1) is 3.70 Å². The molecule has 13 heavy (non-hydrogen) atoms. The predicted octanol–water partition coefficient (Wildman–Crippen LogP) is 2.77. The van der Waals surface area contributed by atoms with Gasteiger partial charge in [0, 0.05) is 5.56 Å². The first-order chi connectivity index (χ1) is 6.06. The highest BCUT2D eigenvalue weighted by Crippen LogP contribution is 2.29. The van der Waals surface area contributed by atoms with Crippen LogP contribution in [0.2, 0.25) is 5.02 Å². The van der Waals surface area contributed by atoms with Crippen LogP contribution in [-0.4, -0.2) is 10.1 Å². The summed E-state index contributed by atoms with van der Waals surface area (Å²) >= 11 is 7.36. The van der Waals surface area contributed by atoms with E-state index in [1.165, 1.54) is 6.07 Å². The Labute approximate surface area is 92.1 Å². The molecule has 0 aliphatic heterocycles. The van der Waals surface area contributed by atoms with Gasteiger partial charge in [0.25, 0.3) is 6.43 Å². The zero-order chi connectivity index (χ0) is 10.0. The lowest BCUT2D eigenvalue weighted by Gasteiger charge is -2.06. The van der Waals surface area contributed by atoms with Crippen LogP contribution in [0.25, 0.3) is 0 Å². The third kappa shape index (κ3) is 2.47. The van der Waals surface area contributed by atoms with Crippen molar-refractivity contribution in [2.75, 3.05) is 0 Å². The maximum atomic E-state index is 12.3. The van der Waals surface area contributed by atoms with Crippen LogP contribution in [0.4, 0.5) is 8.78 Å². The molecular formula is C7H5ClF2INO. The van der Waals surface area contributed by atoms with Gasteiger partial charge in [-0.2, -0.15) is 0 Å². The zero-order valence-electron chi connectivity index (χ0n) is 6.27. The summed E-state index contributed by atoms with van der Waals surface area (Å²) in [6.45, 7) is -0.364. The number of aliphatic hydroxyl groups excluding tert-OH is 1. The van der Waals surface area contributed by atoms with E-state index in [0.717, 1.165) is 0 Å². The van der Waals surface area contributed by atoms with Crippen molar-refractivity contribution in [1.29, 1.82) is 0 Å². The predicted molar refractivity (Wildman–Crippen MR) is 52.8 cm³/mol. The molecule has 1 aromatic heterocycles. The first kappa shape index (κ1) is 11.1. The number of rotatable bonds is 2. The fourth-order valence-electron chi connectivity index (χ4n) is 0.828. The third-order valence-corrected chi connectivity index (χ3v) is 2.39. The Morgan fingerprint density at radius 2 is 2.23 bits per heavy atom. The van der Waals surface area contributed by atoms with Gasteiger partial charge in [0.2, 0.25) is 0 Å². The topological polar surface area (TPSA) is 33.1 Å². The van der Waals surface area contributed by atoms with Gasteiger partial charge in [0.1, 0.15) is 9.39 Å². The van der Waals surface area contributed by atoms with Crippen LogP contribution in [0.1, 0.15) is 17.7 Å². The largest absolute Gasteiger partial charge is 0.392 e. The Kier molecular flexibility index (Phi) is 3.81. The Morgan fingerprint density at radius 3 is 2.69 bits per heavy atom.